The van der Waals surface area contributed by atoms with Crippen LogP contribution in [0.1, 0.15) is 56.8 Å². The van der Waals surface area contributed by atoms with Crippen molar-refractivity contribution in [2.45, 2.75) is 64.2 Å². The van der Waals surface area contributed by atoms with Crippen LogP contribution in [0.3, 0.4) is 0 Å². The van der Waals surface area contributed by atoms with Crippen LogP contribution in [0.4, 0.5) is 16.3 Å². The summed E-state index contributed by atoms with van der Waals surface area (Å²) < 4.78 is 7.54. The van der Waals surface area contributed by atoms with Crippen molar-refractivity contribution in [3.05, 3.63) is 84.6 Å². The van der Waals surface area contributed by atoms with Gasteiger partial charge in [0.2, 0.25) is 0 Å². The van der Waals surface area contributed by atoms with Gasteiger partial charge in [0.1, 0.15) is 11.4 Å². The van der Waals surface area contributed by atoms with Crippen molar-refractivity contribution in [2.75, 3.05) is 10.6 Å². The van der Waals surface area contributed by atoms with E-state index >= 15 is 0 Å². The molecule has 0 spiro atoms. The highest BCUT2D eigenvalue weighted by molar-refractivity contribution is 6.15. The Morgan fingerprint density at radius 3 is 2.41 bits per heavy atom. The minimum atomic E-state index is -0.607. The molecule has 6 rings (SSSR count). The van der Waals surface area contributed by atoms with E-state index in [0.717, 1.165) is 64.3 Å². The third-order valence-electron chi connectivity index (χ3n) is 7.98. The Labute approximate surface area is 256 Å². The summed E-state index contributed by atoms with van der Waals surface area (Å²) >= 11 is 0. The number of aliphatic hydroxyl groups excluding tert-OH is 1. The molecule has 0 saturated heterocycles. The molecule has 226 valence electrons. The number of nitrogens with two attached hydrogens (primary N) is 1. The number of pyridine rings is 1. The number of hydrogen-bond donors (Lipinski definition) is 4. The topological polar surface area (TPSA) is 132 Å². The minimum Gasteiger partial charge on any atom is -0.444 e. The number of aromatic nitrogens is 2. The van der Waals surface area contributed by atoms with E-state index < -0.39 is 17.6 Å². The van der Waals surface area contributed by atoms with E-state index in [2.05, 4.69) is 44.5 Å². The fourth-order valence-electron chi connectivity index (χ4n) is 6.02. The van der Waals surface area contributed by atoms with Gasteiger partial charge in [0, 0.05) is 39.9 Å². The van der Waals surface area contributed by atoms with Crippen molar-refractivity contribution in [1.82, 2.24) is 9.55 Å². The number of carbonyl (C=O) groups is 2. The zero-order chi connectivity index (χ0) is 31.0. The predicted octanol–water partition coefficient (Wildman–Crippen LogP) is 7.01. The lowest BCUT2D eigenvalue weighted by Gasteiger charge is -2.28. The van der Waals surface area contributed by atoms with Crippen molar-refractivity contribution >= 4 is 45.3 Å². The lowest BCUT2D eigenvalue weighted by molar-refractivity contribution is 0.0635. The molecule has 1 fully saturated rings. The monoisotopic (exact) mass is 591 g/mol. The van der Waals surface area contributed by atoms with E-state index in [-0.39, 0.29) is 12.1 Å². The van der Waals surface area contributed by atoms with Gasteiger partial charge in [-0.25, -0.2) is 9.78 Å². The number of rotatable bonds is 6. The van der Waals surface area contributed by atoms with Gasteiger partial charge in [-0.3, -0.25) is 10.1 Å². The van der Waals surface area contributed by atoms with Gasteiger partial charge in [-0.2, -0.15) is 0 Å². The molecule has 9 heteroatoms. The van der Waals surface area contributed by atoms with Crippen molar-refractivity contribution in [1.29, 1.82) is 0 Å². The molecule has 44 heavy (non-hydrogen) atoms. The molecular formula is C35H37N5O4. The molecule has 9 nitrogen and oxygen atoms in total. The van der Waals surface area contributed by atoms with E-state index in [1.54, 1.807) is 18.3 Å². The van der Waals surface area contributed by atoms with Gasteiger partial charge < -0.3 is 25.5 Å². The van der Waals surface area contributed by atoms with Gasteiger partial charge in [-0.05, 0) is 94.5 Å². The second-order valence-corrected chi connectivity index (χ2v) is 12.4. The molecule has 0 radical (unpaired) electrons. The van der Waals surface area contributed by atoms with Gasteiger partial charge in [-0.1, -0.05) is 30.3 Å². The van der Waals surface area contributed by atoms with Crippen LogP contribution < -0.4 is 16.4 Å². The standard InChI is InChI=1S/C35H37N5O4/c1-35(2,3)44-34(43)39-31-18-11-21(20-37-31)25-8-6-10-30-32(25)27-7-4-5-9-29(27)40(30)23-14-17-26(33(36)42)28(19-23)38-22-12-15-24(41)16-13-22/h4-11,14,17-20,22,24,38,41H,12-13,15-16H2,1-3H3,(H2,36,42)(H,37,39,43). The second kappa shape index (κ2) is 11.7. The third kappa shape index (κ3) is 5.96. The van der Waals surface area contributed by atoms with Crippen LogP contribution in [-0.2, 0) is 4.74 Å². The minimum absolute atomic E-state index is 0.150. The average molecular weight is 592 g/mol. The fraction of sp³-hybridized carbons (Fsp3) is 0.286. The van der Waals surface area contributed by atoms with Crippen LogP contribution in [0.25, 0.3) is 38.6 Å². The number of para-hydroxylation sites is 1. The Kier molecular flexibility index (Phi) is 7.73. The summed E-state index contributed by atoms with van der Waals surface area (Å²) in [5.74, 6) is -0.0869. The van der Waals surface area contributed by atoms with Gasteiger partial charge >= 0.3 is 6.09 Å². The molecular weight excluding hydrogens is 554 g/mol. The smallest absolute Gasteiger partial charge is 0.413 e. The Bertz CT molecular complexity index is 1850. The number of fused-ring (bicyclic) bond motifs is 3. The number of ether oxygens (including phenoxy) is 1. The number of carbonyl (C=O) groups excluding carboxylic acids is 2. The molecule has 0 unspecified atom stereocenters. The summed E-state index contributed by atoms with van der Waals surface area (Å²) in [6.45, 7) is 5.44. The number of hydrogen-bond acceptors (Lipinski definition) is 6. The first-order valence-electron chi connectivity index (χ1n) is 14.9. The molecule has 3 aromatic carbocycles. The molecule has 0 bridgehead atoms. The number of primary amides is 1. The van der Waals surface area contributed by atoms with Crippen LogP contribution in [0.2, 0.25) is 0 Å². The number of nitrogens with one attached hydrogen (secondary N) is 2. The van der Waals surface area contributed by atoms with E-state index in [1.165, 1.54) is 0 Å². The first-order chi connectivity index (χ1) is 21.1. The molecule has 1 saturated carbocycles. The highest BCUT2D eigenvalue weighted by Crippen LogP contribution is 2.39. The predicted molar refractivity (Wildman–Crippen MR) is 174 cm³/mol. The summed E-state index contributed by atoms with van der Waals surface area (Å²) in [4.78, 5) is 29.1. The lowest BCUT2D eigenvalue weighted by atomic mass is 9.92. The Hall–Kier alpha value is -4.89. The molecule has 1 aliphatic rings. The summed E-state index contributed by atoms with van der Waals surface area (Å²) in [5, 5.41) is 18.3. The number of amides is 2. The van der Waals surface area contributed by atoms with Gasteiger partial charge in [0.25, 0.3) is 5.91 Å². The van der Waals surface area contributed by atoms with E-state index in [0.29, 0.717) is 17.1 Å². The molecule has 1 aliphatic carbocycles. The first-order valence-corrected chi connectivity index (χ1v) is 14.9. The molecule has 0 aliphatic heterocycles. The molecule has 0 atom stereocenters. The number of benzene rings is 3. The van der Waals surface area contributed by atoms with Crippen molar-refractivity contribution in [3.63, 3.8) is 0 Å². The molecule has 2 aromatic heterocycles. The molecule has 2 amide bonds. The SMILES string of the molecule is CC(C)(C)OC(=O)Nc1ccc(-c2cccc3c2c2ccccc2n3-c2ccc(C(N)=O)c(NC3CCC(O)CC3)c2)cn1. The maximum atomic E-state index is 12.4. The van der Waals surface area contributed by atoms with Crippen LogP contribution >= 0.6 is 0 Å². The van der Waals surface area contributed by atoms with E-state index in [9.17, 15) is 14.7 Å². The maximum absolute atomic E-state index is 12.4. The Morgan fingerprint density at radius 2 is 1.70 bits per heavy atom. The second-order valence-electron chi connectivity index (χ2n) is 12.4. The number of aliphatic hydroxyl groups is 1. The van der Waals surface area contributed by atoms with Crippen LogP contribution in [0, 0.1) is 0 Å². The fourth-order valence-corrected chi connectivity index (χ4v) is 6.02. The van der Waals surface area contributed by atoms with E-state index in [1.807, 2.05) is 57.2 Å². The summed E-state index contributed by atoms with van der Waals surface area (Å²) in [5.41, 5.74) is 11.1. The number of nitrogens with zero attached hydrogens (tertiary/aromatic N) is 2. The quantitative estimate of drug-likeness (QED) is 0.168. The van der Waals surface area contributed by atoms with Crippen molar-refractivity contribution in [2.24, 2.45) is 5.73 Å². The van der Waals surface area contributed by atoms with Crippen molar-refractivity contribution < 1.29 is 19.4 Å². The Morgan fingerprint density at radius 1 is 0.955 bits per heavy atom. The molecule has 5 aromatic rings. The largest absolute Gasteiger partial charge is 0.444 e. The summed E-state index contributed by atoms with van der Waals surface area (Å²) in [6, 6.07) is 23.9. The average Bonchev–Trinajstić information content (AvgIpc) is 3.32. The van der Waals surface area contributed by atoms with Gasteiger partial charge in [0.05, 0.1) is 22.7 Å². The zero-order valence-electron chi connectivity index (χ0n) is 25.1. The van der Waals surface area contributed by atoms with Crippen LogP contribution in [-0.4, -0.2) is 44.4 Å². The summed E-state index contributed by atoms with van der Waals surface area (Å²) in [7, 11) is 0. The maximum Gasteiger partial charge on any atom is 0.413 e. The highest BCUT2D eigenvalue weighted by Gasteiger charge is 2.23. The third-order valence-corrected chi connectivity index (χ3v) is 7.98. The highest BCUT2D eigenvalue weighted by atomic mass is 16.6. The number of anilines is 2. The zero-order valence-corrected chi connectivity index (χ0v) is 25.1. The lowest BCUT2D eigenvalue weighted by Crippen LogP contribution is -2.29. The van der Waals surface area contributed by atoms with Crippen LogP contribution in [0.15, 0.2) is 79.0 Å². The van der Waals surface area contributed by atoms with Crippen molar-refractivity contribution in [3.8, 4) is 16.8 Å². The normalized spacial score (nSPS) is 17.0. The molecule has 2 heterocycles. The first kappa shape index (κ1) is 29.2. The van der Waals surface area contributed by atoms with Gasteiger partial charge in [-0.15, -0.1) is 0 Å². The van der Waals surface area contributed by atoms with E-state index in [4.69, 9.17) is 10.5 Å². The van der Waals surface area contributed by atoms with Gasteiger partial charge in [0.15, 0.2) is 0 Å². The summed E-state index contributed by atoms with van der Waals surface area (Å²) in [6.07, 6.45) is 4.02. The Balaban J connectivity index is 1.41. The molecule has 5 N–H and O–H groups in total. The van der Waals surface area contributed by atoms with Crippen LogP contribution in [0.5, 0.6) is 0 Å².